The van der Waals surface area contributed by atoms with Gasteiger partial charge in [-0.25, -0.2) is 0 Å². The Balaban J connectivity index is 1.71. The zero-order valence-corrected chi connectivity index (χ0v) is 13.4. The highest BCUT2D eigenvalue weighted by Gasteiger charge is 2.15. The molecule has 8 heteroatoms. The highest BCUT2D eigenvalue weighted by Crippen LogP contribution is 2.28. The molecule has 1 unspecified atom stereocenters. The molecule has 1 aromatic carbocycles. The Morgan fingerprint density at radius 2 is 1.91 bits per heavy atom. The Kier molecular flexibility index (Phi) is 3.64. The number of hydrogen-bond donors (Lipinski definition) is 1. The van der Waals surface area contributed by atoms with Crippen LogP contribution >= 0.6 is 22.9 Å². The second-order valence-electron chi connectivity index (χ2n) is 4.93. The van der Waals surface area contributed by atoms with Gasteiger partial charge in [0.25, 0.3) is 0 Å². The van der Waals surface area contributed by atoms with E-state index in [1.54, 1.807) is 11.3 Å². The van der Waals surface area contributed by atoms with Crippen LogP contribution in [0.25, 0.3) is 5.65 Å². The summed E-state index contributed by atoms with van der Waals surface area (Å²) in [5.74, 6) is 0.691. The predicted molar refractivity (Wildman–Crippen MR) is 89.8 cm³/mol. The van der Waals surface area contributed by atoms with Crippen LogP contribution < -0.4 is 5.32 Å². The van der Waals surface area contributed by atoms with Crippen molar-refractivity contribution in [2.75, 3.05) is 5.32 Å². The number of nitrogens with zero attached hydrogens (tertiary/aromatic N) is 5. The molecule has 0 bridgehead atoms. The summed E-state index contributed by atoms with van der Waals surface area (Å²) in [6.45, 7) is 0. The molecular formula is C15H11ClN6S. The van der Waals surface area contributed by atoms with Crippen molar-refractivity contribution >= 4 is 34.4 Å². The molecule has 4 rings (SSSR count). The predicted octanol–water partition coefficient (Wildman–Crippen LogP) is 3.44. The zero-order valence-electron chi connectivity index (χ0n) is 11.8. The van der Waals surface area contributed by atoms with Gasteiger partial charge in [0.2, 0.25) is 0 Å². The minimum Gasteiger partial charge on any atom is -0.358 e. The second-order valence-corrected chi connectivity index (χ2v) is 6.15. The van der Waals surface area contributed by atoms with Crippen molar-refractivity contribution in [1.29, 1.82) is 0 Å². The van der Waals surface area contributed by atoms with Gasteiger partial charge in [-0.05, 0) is 62.6 Å². The van der Waals surface area contributed by atoms with Gasteiger partial charge in [0.05, 0.1) is 6.04 Å². The minimum atomic E-state index is -0.0278. The van der Waals surface area contributed by atoms with Crippen molar-refractivity contribution in [2.45, 2.75) is 6.04 Å². The summed E-state index contributed by atoms with van der Waals surface area (Å²) < 4.78 is 1.40. The normalized spacial score (nSPS) is 12.4. The molecule has 3 aromatic heterocycles. The third-order valence-corrected chi connectivity index (χ3v) is 4.40. The zero-order chi connectivity index (χ0) is 15.6. The quantitative estimate of drug-likeness (QED) is 0.615. The van der Waals surface area contributed by atoms with E-state index >= 15 is 0 Å². The monoisotopic (exact) mass is 342 g/mol. The van der Waals surface area contributed by atoms with Gasteiger partial charge in [-0.15, -0.1) is 14.8 Å². The SMILES string of the molecule is Clc1ccc(C(Nc2ccc3nnnn3n2)c2ccsc2)cc1. The average Bonchev–Trinajstić information content (AvgIpc) is 3.24. The van der Waals surface area contributed by atoms with Gasteiger partial charge < -0.3 is 5.32 Å². The lowest BCUT2D eigenvalue weighted by Gasteiger charge is -2.19. The average molecular weight is 343 g/mol. The van der Waals surface area contributed by atoms with Crippen LogP contribution in [0, 0.1) is 0 Å². The molecular weight excluding hydrogens is 332 g/mol. The molecule has 0 radical (unpaired) electrons. The number of anilines is 1. The van der Waals surface area contributed by atoms with Crippen molar-refractivity contribution in [3.63, 3.8) is 0 Å². The molecule has 3 heterocycles. The summed E-state index contributed by atoms with van der Waals surface area (Å²) in [5.41, 5.74) is 2.87. The van der Waals surface area contributed by atoms with Gasteiger partial charge in [-0.1, -0.05) is 23.7 Å². The van der Waals surface area contributed by atoms with E-state index in [1.165, 1.54) is 4.63 Å². The fraction of sp³-hybridized carbons (Fsp3) is 0.0667. The lowest BCUT2D eigenvalue weighted by Crippen LogP contribution is -2.13. The van der Waals surface area contributed by atoms with E-state index < -0.39 is 0 Å². The van der Waals surface area contributed by atoms with Crippen molar-refractivity contribution in [1.82, 2.24) is 25.3 Å². The van der Waals surface area contributed by atoms with Gasteiger partial charge >= 0.3 is 0 Å². The van der Waals surface area contributed by atoms with Crippen LogP contribution in [0.15, 0.2) is 53.2 Å². The van der Waals surface area contributed by atoms with Crippen molar-refractivity contribution in [2.24, 2.45) is 0 Å². The first kappa shape index (κ1) is 14.1. The Hall–Kier alpha value is -2.51. The lowest BCUT2D eigenvalue weighted by molar-refractivity contribution is 0.730. The fourth-order valence-electron chi connectivity index (χ4n) is 2.33. The highest BCUT2D eigenvalue weighted by molar-refractivity contribution is 7.08. The van der Waals surface area contributed by atoms with E-state index in [-0.39, 0.29) is 6.04 Å². The smallest absolute Gasteiger partial charge is 0.200 e. The van der Waals surface area contributed by atoms with Gasteiger partial charge in [0.1, 0.15) is 5.82 Å². The molecule has 1 N–H and O–H groups in total. The van der Waals surface area contributed by atoms with Gasteiger partial charge in [-0.3, -0.25) is 0 Å². The first-order chi connectivity index (χ1) is 11.3. The summed E-state index contributed by atoms with van der Waals surface area (Å²) in [5, 5.41) is 24.0. The second kappa shape index (κ2) is 5.94. The Bertz CT molecular complexity index is 919. The Morgan fingerprint density at radius 1 is 1.04 bits per heavy atom. The molecule has 4 aromatic rings. The summed E-state index contributed by atoms with van der Waals surface area (Å²) in [4.78, 5) is 0. The van der Waals surface area contributed by atoms with Crippen LogP contribution in [0.5, 0.6) is 0 Å². The van der Waals surface area contributed by atoms with E-state index in [0.29, 0.717) is 16.5 Å². The molecule has 0 saturated carbocycles. The van der Waals surface area contributed by atoms with Crippen LogP contribution in [0.4, 0.5) is 5.82 Å². The van der Waals surface area contributed by atoms with Crippen LogP contribution in [-0.4, -0.2) is 25.3 Å². The lowest BCUT2D eigenvalue weighted by atomic mass is 10.0. The summed E-state index contributed by atoms with van der Waals surface area (Å²) in [7, 11) is 0. The maximum absolute atomic E-state index is 6.00. The number of thiophene rings is 1. The summed E-state index contributed by atoms with van der Waals surface area (Å²) in [6, 6.07) is 13.5. The molecule has 23 heavy (non-hydrogen) atoms. The molecule has 1 atom stereocenters. The standard InChI is InChI=1S/C15H11ClN6S/c16-12-3-1-10(2-4-12)15(11-7-8-23-9-11)17-13-5-6-14-18-20-21-22(14)19-13/h1-9,15H,(H,17,19). The van der Waals surface area contributed by atoms with Crippen LogP contribution in [-0.2, 0) is 0 Å². The Morgan fingerprint density at radius 3 is 2.70 bits per heavy atom. The number of rotatable bonds is 4. The van der Waals surface area contributed by atoms with Crippen molar-refractivity contribution in [3.8, 4) is 0 Å². The molecule has 0 amide bonds. The number of aromatic nitrogens is 5. The van der Waals surface area contributed by atoms with Gasteiger partial charge in [-0.2, -0.15) is 11.3 Å². The van der Waals surface area contributed by atoms with Crippen LogP contribution in [0.3, 0.4) is 0 Å². The molecule has 0 aliphatic heterocycles. The molecule has 114 valence electrons. The third kappa shape index (κ3) is 2.88. The van der Waals surface area contributed by atoms with Crippen molar-refractivity contribution < 1.29 is 0 Å². The van der Waals surface area contributed by atoms with Gasteiger partial charge in [0.15, 0.2) is 5.65 Å². The van der Waals surface area contributed by atoms with E-state index in [9.17, 15) is 0 Å². The minimum absolute atomic E-state index is 0.0278. The van der Waals surface area contributed by atoms with Gasteiger partial charge in [0, 0.05) is 5.02 Å². The third-order valence-electron chi connectivity index (χ3n) is 3.44. The fourth-order valence-corrected chi connectivity index (χ4v) is 3.14. The summed E-state index contributed by atoms with van der Waals surface area (Å²) in [6.07, 6.45) is 0. The molecule has 0 fully saturated rings. The summed E-state index contributed by atoms with van der Waals surface area (Å²) >= 11 is 7.65. The van der Waals surface area contributed by atoms with Crippen molar-refractivity contribution in [3.05, 3.63) is 69.4 Å². The van der Waals surface area contributed by atoms with E-state index in [1.807, 2.05) is 36.4 Å². The largest absolute Gasteiger partial charge is 0.358 e. The number of benzene rings is 1. The first-order valence-corrected chi connectivity index (χ1v) is 8.21. The van der Waals surface area contributed by atoms with E-state index in [0.717, 1.165) is 11.1 Å². The molecule has 6 nitrogen and oxygen atoms in total. The molecule has 0 spiro atoms. The maximum atomic E-state index is 6.00. The molecule has 0 aliphatic rings. The van der Waals surface area contributed by atoms with E-state index in [2.05, 4.69) is 42.8 Å². The topological polar surface area (TPSA) is 68.0 Å². The highest BCUT2D eigenvalue weighted by atomic mass is 35.5. The van der Waals surface area contributed by atoms with E-state index in [4.69, 9.17) is 11.6 Å². The van der Waals surface area contributed by atoms with Crippen LogP contribution in [0.1, 0.15) is 17.2 Å². The maximum Gasteiger partial charge on any atom is 0.200 e. The first-order valence-electron chi connectivity index (χ1n) is 6.89. The Labute approximate surface area is 140 Å². The molecule has 0 saturated heterocycles. The number of tetrazole rings is 1. The number of hydrogen-bond acceptors (Lipinski definition) is 6. The molecule has 0 aliphatic carbocycles. The number of fused-ring (bicyclic) bond motifs is 1. The number of nitrogens with one attached hydrogen (secondary N) is 1. The number of halogens is 1. The van der Waals surface area contributed by atoms with Crippen LogP contribution in [0.2, 0.25) is 5.02 Å².